The van der Waals surface area contributed by atoms with Gasteiger partial charge < -0.3 is 5.32 Å². The highest BCUT2D eigenvalue weighted by molar-refractivity contribution is 6.17. The van der Waals surface area contributed by atoms with Gasteiger partial charge in [-0.05, 0) is 43.6 Å². The standard InChI is InChI=1S/C14H26ClF2N/c1-13(2,6-4-8-15)11-18-10-12-5-3-7-14(16,17)9-12/h12,18H,3-11H2,1-2H3. The molecule has 1 unspecified atom stereocenters. The Morgan fingerprint density at radius 1 is 1.39 bits per heavy atom. The molecule has 108 valence electrons. The minimum Gasteiger partial charge on any atom is -0.316 e. The maximum absolute atomic E-state index is 13.2. The molecule has 1 rings (SSSR count). The van der Waals surface area contributed by atoms with Crippen molar-refractivity contribution in [1.29, 1.82) is 0 Å². The molecular formula is C14H26ClF2N. The molecule has 0 spiro atoms. The number of rotatable bonds is 7. The summed E-state index contributed by atoms with van der Waals surface area (Å²) in [6, 6.07) is 0. The van der Waals surface area contributed by atoms with Gasteiger partial charge in [0.15, 0.2) is 0 Å². The molecule has 1 atom stereocenters. The SMILES string of the molecule is CC(C)(CCCCl)CNCC1CCCC(F)(F)C1. The first-order valence-corrected chi connectivity index (χ1v) is 7.53. The van der Waals surface area contributed by atoms with Crippen molar-refractivity contribution in [3.63, 3.8) is 0 Å². The lowest BCUT2D eigenvalue weighted by molar-refractivity contribution is -0.0521. The summed E-state index contributed by atoms with van der Waals surface area (Å²) in [6.45, 7) is 6.00. The Morgan fingerprint density at radius 3 is 2.72 bits per heavy atom. The van der Waals surface area contributed by atoms with Crippen LogP contribution in [0.3, 0.4) is 0 Å². The van der Waals surface area contributed by atoms with E-state index in [9.17, 15) is 8.78 Å². The molecule has 0 aromatic rings. The molecule has 1 aliphatic carbocycles. The first kappa shape index (κ1) is 16.2. The average Bonchev–Trinajstić information content (AvgIpc) is 2.25. The van der Waals surface area contributed by atoms with Crippen LogP contribution in [0.2, 0.25) is 0 Å². The number of hydrogen-bond acceptors (Lipinski definition) is 1. The van der Waals surface area contributed by atoms with Crippen LogP contribution >= 0.6 is 11.6 Å². The third-order valence-electron chi connectivity index (χ3n) is 3.77. The zero-order valence-electron chi connectivity index (χ0n) is 11.6. The van der Waals surface area contributed by atoms with Crippen molar-refractivity contribution in [2.45, 2.75) is 58.3 Å². The Hall–Kier alpha value is 0.110. The fourth-order valence-corrected chi connectivity index (χ4v) is 2.83. The molecule has 1 nitrogen and oxygen atoms in total. The molecule has 0 heterocycles. The van der Waals surface area contributed by atoms with Gasteiger partial charge in [0.25, 0.3) is 0 Å². The van der Waals surface area contributed by atoms with Crippen LogP contribution in [0.5, 0.6) is 0 Å². The van der Waals surface area contributed by atoms with Gasteiger partial charge in [0, 0.05) is 25.3 Å². The van der Waals surface area contributed by atoms with Crippen LogP contribution < -0.4 is 5.32 Å². The van der Waals surface area contributed by atoms with Crippen LogP contribution in [-0.2, 0) is 0 Å². The fourth-order valence-electron chi connectivity index (χ4n) is 2.70. The smallest absolute Gasteiger partial charge is 0.248 e. The van der Waals surface area contributed by atoms with Gasteiger partial charge in [-0.15, -0.1) is 11.6 Å². The van der Waals surface area contributed by atoms with Gasteiger partial charge >= 0.3 is 0 Å². The summed E-state index contributed by atoms with van der Waals surface area (Å²) in [6.07, 6.45) is 3.81. The van der Waals surface area contributed by atoms with Gasteiger partial charge in [0.05, 0.1) is 0 Å². The number of alkyl halides is 3. The Morgan fingerprint density at radius 2 is 2.11 bits per heavy atom. The molecule has 0 aromatic heterocycles. The van der Waals surface area contributed by atoms with E-state index in [0.717, 1.165) is 32.4 Å². The highest BCUT2D eigenvalue weighted by Crippen LogP contribution is 2.36. The third kappa shape index (κ3) is 6.33. The van der Waals surface area contributed by atoms with Gasteiger partial charge in [0.1, 0.15) is 0 Å². The van der Waals surface area contributed by atoms with E-state index in [4.69, 9.17) is 11.6 Å². The van der Waals surface area contributed by atoms with Crippen molar-refractivity contribution >= 4 is 11.6 Å². The number of halogens is 3. The molecule has 1 N–H and O–H groups in total. The molecule has 1 fully saturated rings. The van der Waals surface area contributed by atoms with E-state index in [-0.39, 0.29) is 24.2 Å². The van der Waals surface area contributed by atoms with E-state index in [0.29, 0.717) is 12.3 Å². The summed E-state index contributed by atoms with van der Waals surface area (Å²) in [4.78, 5) is 0. The quantitative estimate of drug-likeness (QED) is 0.680. The van der Waals surface area contributed by atoms with Crippen LogP contribution in [0.1, 0.15) is 52.4 Å². The Balaban J connectivity index is 2.20. The summed E-state index contributed by atoms with van der Waals surface area (Å²) < 4.78 is 26.5. The van der Waals surface area contributed by atoms with Crippen molar-refractivity contribution < 1.29 is 8.78 Å². The predicted molar refractivity (Wildman–Crippen MR) is 73.5 cm³/mol. The average molecular weight is 282 g/mol. The van der Waals surface area contributed by atoms with E-state index in [2.05, 4.69) is 19.2 Å². The first-order valence-electron chi connectivity index (χ1n) is 6.99. The molecule has 18 heavy (non-hydrogen) atoms. The zero-order chi connectivity index (χ0) is 13.6. The fraction of sp³-hybridized carbons (Fsp3) is 1.00. The van der Waals surface area contributed by atoms with E-state index >= 15 is 0 Å². The van der Waals surface area contributed by atoms with Crippen LogP contribution in [0, 0.1) is 11.3 Å². The van der Waals surface area contributed by atoms with Gasteiger partial charge in [-0.1, -0.05) is 13.8 Å². The topological polar surface area (TPSA) is 12.0 Å². The summed E-state index contributed by atoms with van der Waals surface area (Å²) in [5, 5.41) is 3.37. The van der Waals surface area contributed by atoms with Crippen molar-refractivity contribution in [3.05, 3.63) is 0 Å². The second-order valence-corrected chi connectivity index (χ2v) is 6.78. The lowest BCUT2D eigenvalue weighted by atomic mass is 9.85. The van der Waals surface area contributed by atoms with Gasteiger partial charge in [-0.2, -0.15) is 0 Å². The monoisotopic (exact) mass is 281 g/mol. The van der Waals surface area contributed by atoms with Crippen molar-refractivity contribution in [1.82, 2.24) is 5.32 Å². The van der Waals surface area contributed by atoms with Gasteiger partial charge in [-0.3, -0.25) is 0 Å². The number of hydrogen-bond donors (Lipinski definition) is 1. The van der Waals surface area contributed by atoms with Crippen molar-refractivity contribution in [2.75, 3.05) is 19.0 Å². The highest BCUT2D eigenvalue weighted by Gasteiger charge is 2.35. The highest BCUT2D eigenvalue weighted by atomic mass is 35.5. The second-order valence-electron chi connectivity index (χ2n) is 6.41. The molecule has 1 saturated carbocycles. The van der Waals surface area contributed by atoms with E-state index in [1.165, 1.54) is 0 Å². The van der Waals surface area contributed by atoms with Crippen LogP contribution in [-0.4, -0.2) is 24.9 Å². The maximum Gasteiger partial charge on any atom is 0.248 e. The second kappa shape index (κ2) is 7.04. The van der Waals surface area contributed by atoms with E-state index in [1.54, 1.807) is 0 Å². The number of nitrogens with one attached hydrogen (secondary N) is 1. The van der Waals surface area contributed by atoms with Crippen molar-refractivity contribution in [3.8, 4) is 0 Å². The Labute approximate surface area is 115 Å². The zero-order valence-corrected chi connectivity index (χ0v) is 12.3. The summed E-state index contributed by atoms with van der Waals surface area (Å²) >= 11 is 5.69. The Bertz CT molecular complexity index is 244. The third-order valence-corrected chi connectivity index (χ3v) is 4.03. The van der Waals surface area contributed by atoms with Gasteiger partial charge in [0.2, 0.25) is 5.92 Å². The summed E-state index contributed by atoms with van der Waals surface area (Å²) in [5.41, 5.74) is 0.200. The molecule has 0 aliphatic heterocycles. The van der Waals surface area contributed by atoms with E-state index < -0.39 is 5.92 Å². The van der Waals surface area contributed by atoms with Crippen molar-refractivity contribution in [2.24, 2.45) is 11.3 Å². The lowest BCUT2D eigenvalue weighted by Gasteiger charge is -2.31. The molecular weight excluding hydrogens is 256 g/mol. The first-order chi connectivity index (χ1) is 8.35. The predicted octanol–water partition coefficient (Wildman–Crippen LogP) is 4.45. The molecule has 0 saturated heterocycles. The molecule has 0 radical (unpaired) electrons. The van der Waals surface area contributed by atoms with Gasteiger partial charge in [-0.25, -0.2) is 8.78 Å². The van der Waals surface area contributed by atoms with Crippen LogP contribution in [0.4, 0.5) is 8.78 Å². The minimum atomic E-state index is -2.43. The lowest BCUT2D eigenvalue weighted by Crippen LogP contribution is -2.36. The Kier molecular flexibility index (Phi) is 6.32. The molecule has 4 heteroatoms. The molecule has 1 aliphatic rings. The maximum atomic E-state index is 13.2. The largest absolute Gasteiger partial charge is 0.316 e. The summed E-state index contributed by atoms with van der Waals surface area (Å²) in [7, 11) is 0. The van der Waals surface area contributed by atoms with E-state index in [1.807, 2.05) is 0 Å². The molecule has 0 amide bonds. The van der Waals surface area contributed by atoms with Crippen LogP contribution in [0.25, 0.3) is 0 Å². The van der Waals surface area contributed by atoms with Crippen LogP contribution in [0.15, 0.2) is 0 Å². The normalized spacial score (nSPS) is 24.2. The molecule has 0 aromatic carbocycles. The minimum absolute atomic E-state index is 0.0576. The summed E-state index contributed by atoms with van der Waals surface area (Å²) in [5.74, 6) is -1.60. The molecule has 0 bridgehead atoms.